The minimum atomic E-state index is -0.717. The predicted octanol–water partition coefficient (Wildman–Crippen LogP) is 1.32. The van der Waals surface area contributed by atoms with Gasteiger partial charge in [0.2, 0.25) is 0 Å². The van der Waals surface area contributed by atoms with Crippen LogP contribution in [0, 0.1) is 5.41 Å². The van der Waals surface area contributed by atoms with Crippen LogP contribution in [0.5, 0.6) is 0 Å². The van der Waals surface area contributed by atoms with Crippen molar-refractivity contribution < 1.29 is 14.7 Å². The Morgan fingerprint density at radius 3 is 2.24 bits per heavy atom. The summed E-state index contributed by atoms with van der Waals surface area (Å²) in [6.07, 6.45) is 1.76. The van der Waals surface area contributed by atoms with Gasteiger partial charge in [-0.05, 0) is 33.2 Å². The molecule has 6 heteroatoms. The van der Waals surface area contributed by atoms with E-state index in [0.29, 0.717) is 38.4 Å². The molecule has 2 amide bonds. The number of carboxylic acids is 1. The molecule has 0 saturated carbocycles. The largest absolute Gasteiger partial charge is 0.481 e. The van der Waals surface area contributed by atoms with E-state index in [1.54, 1.807) is 0 Å². The van der Waals surface area contributed by atoms with E-state index < -0.39 is 11.4 Å². The summed E-state index contributed by atoms with van der Waals surface area (Å²) in [6, 6.07) is 0.450. The number of carboxylic acid groups (broad SMARTS) is 1. The Hall–Kier alpha value is -1.30. The van der Waals surface area contributed by atoms with Gasteiger partial charge in [0, 0.05) is 38.8 Å². The molecule has 2 heterocycles. The Kier molecular flexibility index (Phi) is 4.76. The lowest BCUT2D eigenvalue weighted by atomic mass is 9.76. The Morgan fingerprint density at radius 2 is 1.76 bits per heavy atom. The lowest BCUT2D eigenvalue weighted by molar-refractivity contribution is -0.152. The summed E-state index contributed by atoms with van der Waals surface area (Å²) in [7, 11) is 2.08. The number of piperazine rings is 1. The molecular weight excluding hydrogens is 270 g/mol. The third-order valence-corrected chi connectivity index (χ3v) is 5.35. The molecule has 0 aliphatic carbocycles. The van der Waals surface area contributed by atoms with E-state index in [0.717, 1.165) is 19.6 Å². The van der Waals surface area contributed by atoms with Crippen LogP contribution in [0.3, 0.4) is 0 Å². The van der Waals surface area contributed by atoms with Crippen LogP contribution in [-0.2, 0) is 4.79 Å². The highest BCUT2D eigenvalue weighted by Crippen LogP contribution is 2.35. The lowest BCUT2D eigenvalue weighted by Gasteiger charge is -2.43. The Labute approximate surface area is 126 Å². The number of nitrogens with zero attached hydrogens (tertiary/aromatic N) is 3. The number of likely N-dealkylation sites (N-methyl/N-ethyl adjacent to an activating group) is 1. The monoisotopic (exact) mass is 297 g/mol. The van der Waals surface area contributed by atoms with Crippen LogP contribution in [0.15, 0.2) is 0 Å². The summed E-state index contributed by atoms with van der Waals surface area (Å²) in [4.78, 5) is 30.0. The molecule has 2 aliphatic rings. The van der Waals surface area contributed by atoms with E-state index >= 15 is 0 Å². The van der Waals surface area contributed by atoms with Crippen molar-refractivity contribution >= 4 is 12.0 Å². The zero-order chi connectivity index (χ0) is 15.6. The number of urea groups is 1. The number of piperidine rings is 1. The number of hydrogen-bond donors (Lipinski definition) is 1. The molecule has 2 saturated heterocycles. The third kappa shape index (κ3) is 3.15. The summed E-state index contributed by atoms with van der Waals surface area (Å²) < 4.78 is 0. The molecule has 0 aromatic rings. The van der Waals surface area contributed by atoms with E-state index in [2.05, 4.69) is 18.9 Å². The quantitative estimate of drug-likeness (QED) is 0.835. The maximum absolute atomic E-state index is 12.6. The zero-order valence-corrected chi connectivity index (χ0v) is 13.3. The fraction of sp³-hybridized carbons (Fsp3) is 0.867. The van der Waals surface area contributed by atoms with Crippen molar-refractivity contribution in [1.29, 1.82) is 0 Å². The first kappa shape index (κ1) is 16.1. The van der Waals surface area contributed by atoms with Crippen molar-refractivity contribution in [1.82, 2.24) is 14.7 Å². The number of rotatable bonds is 2. The molecule has 0 aromatic heterocycles. The van der Waals surface area contributed by atoms with E-state index in [1.807, 2.05) is 16.7 Å². The van der Waals surface area contributed by atoms with Gasteiger partial charge in [-0.25, -0.2) is 4.79 Å². The van der Waals surface area contributed by atoms with Crippen LogP contribution in [0.25, 0.3) is 0 Å². The average Bonchev–Trinajstić information content (AvgIpc) is 2.49. The Morgan fingerprint density at radius 1 is 1.14 bits per heavy atom. The first-order valence-electron chi connectivity index (χ1n) is 7.87. The van der Waals surface area contributed by atoms with E-state index in [4.69, 9.17) is 0 Å². The summed E-state index contributed by atoms with van der Waals surface area (Å²) in [5.41, 5.74) is -0.633. The first-order valence-corrected chi connectivity index (χ1v) is 7.87. The van der Waals surface area contributed by atoms with Gasteiger partial charge in [-0.1, -0.05) is 6.92 Å². The van der Waals surface area contributed by atoms with Crippen LogP contribution < -0.4 is 0 Å². The number of amides is 2. The molecule has 0 radical (unpaired) electrons. The topological polar surface area (TPSA) is 64.1 Å². The number of aliphatic carboxylic acids is 1. The van der Waals surface area contributed by atoms with Crippen molar-refractivity contribution in [3.05, 3.63) is 0 Å². The molecule has 1 unspecified atom stereocenters. The maximum Gasteiger partial charge on any atom is 0.320 e. The normalized spacial score (nSPS) is 26.7. The summed E-state index contributed by atoms with van der Waals surface area (Å²) >= 11 is 0. The second-order valence-corrected chi connectivity index (χ2v) is 6.48. The van der Waals surface area contributed by atoms with Crippen molar-refractivity contribution in [3.8, 4) is 0 Å². The third-order valence-electron chi connectivity index (χ3n) is 5.35. The Balaban J connectivity index is 1.93. The van der Waals surface area contributed by atoms with E-state index in [1.165, 1.54) is 0 Å². The number of hydrogen-bond acceptors (Lipinski definition) is 3. The van der Waals surface area contributed by atoms with Crippen LogP contribution in [0.2, 0.25) is 0 Å². The van der Waals surface area contributed by atoms with E-state index in [-0.39, 0.29) is 6.03 Å². The van der Waals surface area contributed by atoms with Crippen molar-refractivity contribution in [3.63, 3.8) is 0 Å². The first-order chi connectivity index (χ1) is 9.89. The standard InChI is InChI=1S/C15H27N3O3/c1-4-15(13(19)20)5-7-17(8-6-15)14(21)18-10-9-16(3)12(2)11-18/h12H,4-11H2,1-3H3,(H,19,20). The summed E-state index contributed by atoms with van der Waals surface area (Å²) in [5, 5.41) is 9.41. The van der Waals surface area contributed by atoms with Gasteiger partial charge in [-0.3, -0.25) is 4.79 Å². The lowest BCUT2D eigenvalue weighted by Crippen LogP contribution is -2.57. The SMILES string of the molecule is CCC1(C(=O)O)CCN(C(=O)N2CCN(C)C(C)C2)CC1. The number of carbonyl (C=O) groups is 2. The highest BCUT2D eigenvalue weighted by atomic mass is 16.4. The minimum Gasteiger partial charge on any atom is -0.481 e. The van der Waals surface area contributed by atoms with Crippen LogP contribution in [-0.4, -0.2) is 77.6 Å². The van der Waals surface area contributed by atoms with Crippen LogP contribution in [0.4, 0.5) is 4.79 Å². The van der Waals surface area contributed by atoms with Gasteiger partial charge < -0.3 is 19.8 Å². The molecule has 0 bridgehead atoms. The van der Waals surface area contributed by atoms with Crippen molar-refractivity contribution in [2.75, 3.05) is 39.8 Å². The average molecular weight is 297 g/mol. The van der Waals surface area contributed by atoms with Crippen LogP contribution >= 0.6 is 0 Å². The van der Waals surface area contributed by atoms with Crippen molar-refractivity contribution in [2.24, 2.45) is 5.41 Å². The molecule has 21 heavy (non-hydrogen) atoms. The molecule has 2 rings (SSSR count). The van der Waals surface area contributed by atoms with Crippen LogP contribution in [0.1, 0.15) is 33.1 Å². The molecule has 0 aromatic carbocycles. The molecule has 6 nitrogen and oxygen atoms in total. The van der Waals surface area contributed by atoms with Gasteiger partial charge in [0.1, 0.15) is 0 Å². The number of carbonyl (C=O) groups excluding carboxylic acids is 1. The van der Waals surface area contributed by atoms with Gasteiger partial charge in [0.15, 0.2) is 0 Å². The molecule has 1 atom stereocenters. The zero-order valence-electron chi connectivity index (χ0n) is 13.3. The van der Waals surface area contributed by atoms with Gasteiger partial charge in [-0.2, -0.15) is 0 Å². The maximum atomic E-state index is 12.6. The molecule has 0 spiro atoms. The van der Waals surface area contributed by atoms with Crippen molar-refractivity contribution in [2.45, 2.75) is 39.2 Å². The Bertz CT molecular complexity index is 405. The molecule has 120 valence electrons. The molecule has 1 N–H and O–H groups in total. The molecule has 2 aliphatic heterocycles. The van der Waals surface area contributed by atoms with Gasteiger partial charge in [0.05, 0.1) is 5.41 Å². The second kappa shape index (κ2) is 6.22. The van der Waals surface area contributed by atoms with Gasteiger partial charge in [-0.15, -0.1) is 0 Å². The highest BCUT2D eigenvalue weighted by molar-refractivity contribution is 5.77. The number of likely N-dealkylation sites (tertiary alicyclic amines) is 1. The van der Waals surface area contributed by atoms with Gasteiger partial charge in [0.25, 0.3) is 0 Å². The second-order valence-electron chi connectivity index (χ2n) is 6.48. The summed E-state index contributed by atoms with van der Waals surface area (Å²) in [5.74, 6) is -0.717. The fourth-order valence-corrected chi connectivity index (χ4v) is 3.27. The predicted molar refractivity (Wildman–Crippen MR) is 80.2 cm³/mol. The van der Waals surface area contributed by atoms with Gasteiger partial charge >= 0.3 is 12.0 Å². The minimum absolute atomic E-state index is 0.0741. The molecule has 2 fully saturated rings. The fourth-order valence-electron chi connectivity index (χ4n) is 3.27. The van der Waals surface area contributed by atoms with E-state index in [9.17, 15) is 14.7 Å². The molecular formula is C15H27N3O3. The highest BCUT2D eigenvalue weighted by Gasteiger charge is 2.41. The smallest absolute Gasteiger partial charge is 0.320 e. The summed E-state index contributed by atoms with van der Waals surface area (Å²) in [6.45, 7) is 7.57.